The zero-order valence-corrected chi connectivity index (χ0v) is 7.45. The van der Waals surface area contributed by atoms with Gasteiger partial charge in [-0.25, -0.2) is 9.59 Å². The molecule has 0 spiro atoms. The quantitative estimate of drug-likeness (QED) is 0.661. The Bertz CT molecular complexity index is 403. The van der Waals surface area contributed by atoms with Crippen molar-refractivity contribution in [2.45, 2.75) is 0 Å². The Morgan fingerprint density at radius 2 is 2.07 bits per heavy atom. The number of aliphatic carboxylic acids is 2. The largest absolute Gasteiger partial charge is 0.478 e. The van der Waals surface area contributed by atoms with E-state index in [9.17, 15) is 9.59 Å². The molecule has 1 heterocycles. The molecule has 0 radical (unpaired) electrons. The Labute approximate surface area is 84.5 Å². The van der Waals surface area contributed by atoms with Gasteiger partial charge in [0.05, 0.1) is 5.57 Å². The molecule has 2 N–H and O–H groups in total. The van der Waals surface area contributed by atoms with Crippen LogP contribution < -0.4 is 0 Å². The van der Waals surface area contributed by atoms with Gasteiger partial charge >= 0.3 is 11.9 Å². The Hall–Kier alpha value is -2.37. The fourth-order valence-corrected chi connectivity index (χ4v) is 0.853. The molecule has 6 nitrogen and oxygen atoms in total. The van der Waals surface area contributed by atoms with Gasteiger partial charge in [0, 0.05) is 6.08 Å². The first-order valence-corrected chi connectivity index (χ1v) is 3.86. The van der Waals surface area contributed by atoms with E-state index in [1.165, 1.54) is 24.5 Å². The van der Waals surface area contributed by atoms with Crippen molar-refractivity contribution in [3.8, 4) is 0 Å². The van der Waals surface area contributed by atoms with Crippen LogP contribution in [0.3, 0.4) is 0 Å². The summed E-state index contributed by atoms with van der Waals surface area (Å²) in [6.45, 7) is 0. The van der Waals surface area contributed by atoms with Crippen molar-refractivity contribution in [2.75, 3.05) is 0 Å². The normalized spacial score (nSPS) is 15.2. The van der Waals surface area contributed by atoms with Gasteiger partial charge in [-0.15, -0.1) is 0 Å². The van der Waals surface area contributed by atoms with Crippen molar-refractivity contribution >= 4 is 17.7 Å². The number of carbonyl (C=O) groups is 2. The molecule has 78 valence electrons. The summed E-state index contributed by atoms with van der Waals surface area (Å²) in [7, 11) is 0. The fourth-order valence-electron chi connectivity index (χ4n) is 0.853. The summed E-state index contributed by atoms with van der Waals surface area (Å²) in [6.07, 6.45) is 6.12. The number of oxime groups is 1. The van der Waals surface area contributed by atoms with E-state index in [1.54, 1.807) is 0 Å². The van der Waals surface area contributed by atoms with Crippen LogP contribution in [0.4, 0.5) is 0 Å². The summed E-state index contributed by atoms with van der Waals surface area (Å²) in [5, 5.41) is 20.6. The molecule has 0 aliphatic carbocycles. The smallest absolute Gasteiger partial charge is 0.338 e. The van der Waals surface area contributed by atoms with E-state index in [0.29, 0.717) is 6.08 Å². The lowest BCUT2D eigenvalue weighted by Crippen LogP contribution is -2.12. The van der Waals surface area contributed by atoms with Crippen molar-refractivity contribution in [2.24, 2.45) is 5.16 Å². The molecule has 1 aliphatic rings. The van der Waals surface area contributed by atoms with Crippen LogP contribution in [0.25, 0.3) is 0 Å². The van der Waals surface area contributed by atoms with Crippen molar-refractivity contribution in [1.82, 2.24) is 0 Å². The van der Waals surface area contributed by atoms with Gasteiger partial charge in [-0.1, -0.05) is 11.2 Å². The second-order valence-electron chi connectivity index (χ2n) is 2.47. The van der Waals surface area contributed by atoms with E-state index < -0.39 is 17.5 Å². The van der Waals surface area contributed by atoms with Crippen LogP contribution in [0.1, 0.15) is 0 Å². The minimum atomic E-state index is -1.38. The topological polar surface area (TPSA) is 96.2 Å². The molecule has 6 heteroatoms. The monoisotopic (exact) mass is 209 g/mol. The first-order chi connectivity index (χ1) is 7.11. The minimum absolute atomic E-state index is 0.0603. The van der Waals surface area contributed by atoms with E-state index in [-0.39, 0.29) is 5.71 Å². The van der Waals surface area contributed by atoms with E-state index in [4.69, 9.17) is 10.2 Å². The predicted molar refractivity (Wildman–Crippen MR) is 50.2 cm³/mol. The standard InChI is InChI=1S/C9H7NO5/c11-8(12)5-6(9(13)14)7-3-1-2-4-15-10-7/h1-5H,(H,11,12)(H,13,14). The average molecular weight is 209 g/mol. The highest BCUT2D eigenvalue weighted by Crippen LogP contribution is 2.05. The SMILES string of the molecule is O=C(O)C=C(C(=O)O)C1=NOC=CC=C1. The van der Waals surface area contributed by atoms with E-state index in [1.807, 2.05) is 0 Å². The molecule has 0 aromatic heterocycles. The van der Waals surface area contributed by atoms with Crippen LogP contribution in [0.2, 0.25) is 0 Å². The van der Waals surface area contributed by atoms with Crippen LogP contribution in [0.15, 0.2) is 41.3 Å². The summed E-state index contributed by atoms with van der Waals surface area (Å²) >= 11 is 0. The highest BCUT2D eigenvalue weighted by molar-refractivity contribution is 6.25. The molecule has 0 aromatic carbocycles. The highest BCUT2D eigenvalue weighted by atomic mass is 16.6. The number of hydrogen-bond acceptors (Lipinski definition) is 4. The number of carboxylic acids is 2. The number of allylic oxidation sites excluding steroid dienone is 3. The lowest BCUT2D eigenvalue weighted by Gasteiger charge is -1.99. The zero-order valence-electron chi connectivity index (χ0n) is 7.45. The molecule has 0 saturated heterocycles. The van der Waals surface area contributed by atoms with Crippen molar-refractivity contribution < 1.29 is 24.6 Å². The molecule has 1 rings (SSSR count). The average Bonchev–Trinajstić information content (AvgIpc) is 2.41. The van der Waals surface area contributed by atoms with Crippen molar-refractivity contribution in [3.05, 3.63) is 36.1 Å². The Morgan fingerprint density at radius 1 is 1.33 bits per heavy atom. The lowest BCUT2D eigenvalue weighted by atomic mass is 10.1. The lowest BCUT2D eigenvalue weighted by molar-refractivity contribution is -0.134. The fraction of sp³-hybridized carbons (Fsp3) is 0. The number of hydrogen-bond donors (Lipinski definition) is 2. The molecule has 0 unspecified atom stereocenters. The highest BCUT2D eigenvalue weighted by Gasteiger charge is 2.15. The first-order valence-electron chi connectivity index (χ1n) is 3.86. The molecular weight excluding hydrogens is 202 g/mol. The van der Waals surface area contributed by atoms with Crippen LogP contribution in [0, 0.1) is 0 Å². The molecule has 1 aliphatic heterocycles. The summed E-state index contributed by atoms with van der Waals surface area (Å²) in [5.74, 6) is -2.74. The molecule has 0 atom stereocenters. The molecule has 0 fully saturated rings. The second kappa shape index (κ2) is 4.75. The van der Waals surface area contributed by atoms with Crippen LogP contribution in [-0.4, -0.2) is 27.9 Å². The third-order valence-electron chi connectivity index (χ3n) is 1.43. The Kier molecular flexibility index (Phi) is 3.39. The van der Waals surface area contributed by atoms with Gasteiger partial charge in [-0.3, -0.25) is 0 Å². The van der Waals surface area contributed by atoms with Gasteiger partial charge in [-0.05, 0) is 12.2 Å². The van der Waals surface area contributed by atoms with Crippen molar-refractivity contribution in [1.29, 1.82) is 0 Å². The summed E-state index contributed by atoms with van der Waals surface area (Å²) < 4.78 is 0. The van der Waals surface area contributed by atoms with Gasteiger partial charge in [0.15, 0.2) is 0 Å². The maximum absolute atomic E-state index is 10.7. The third kappa shape index (κ3) is 3.11. The second-order valence-corrected chi connectivity index (χ2v) is 2.47. The van der Waals surface area contributed by atoms with Gasteiger partial charge in [-0.2, -0.15) is 0 Å². The van der Waals surface area contributed by atoms with Gasteiger partial charge in [0.25, 0.3) is 0 Å². The summed E-state index contributed by atoms with van der Waals surface area (Å²) in [6, 6.07) is 0. The maximum Gasteiger partial charge on any atom is 0.338 e. The molecule has 0 bridgehead atoms. The molecule has 0 aromatic rings. The zero-order chi connectivity index (χ0) is 11.3. The van der Waals surface area contributed by atoms with Crippen LogP contribution in [0.5, 0.6) is 0 Å². The molecule has 0 saturated carbocycles. The Morgan fingerprint density at radius 3 is 2.67 bits per heavy atom. The van der Waals surface area contributed by atoms with Crippen LogP contribution >= 0.6 is 0 Å². The summed E-state index contributed by atoms with van der Waals surface area (Å²) in [4.78, 5) is 25.7. The number of nitrogens with zero attached hydrogens (tertiary/aromatic N) is 1. The van der Waals surface area contributed by atoms with Gasteiger partial charge < -0.3 is 15.1 Å². The number of rotatable bonds is 3. The van der Waals surface area contributed by atoms with Gasteiger partial charge in [0.1, 0.15) is 12.0 Å². The predicted octanol–water partition coefficient (Wildman–Crippen LogP) is 0.538. The third-order valence-corrected chi connectivity index (χ3v) is 1.43. The Balaban J connectivity index is 3.05. The van der Waals surface area contributed by atoms with E-state index in [2.05, 4.69) is 9.99 Å². The molecule has 15 heavy (non-hydrogen) atoms. The molecule has 0 amide bonds. The maximum atomic E-state index is 10.7. The van der Waals surface area contributed by atoms with Crippen LogP contribution in [-0.2, 0) is 14.4 Å². The minimum Gasteiger partial charge on any atom is -0.478 e. The van der Waals surface area contributed by atoms with Crippen molar-refractivity contribution in [3.63, 3.8) is 0 Å². The van der Waals surface area contributed by atoms with E-state index in [0.717, 1.165) is 0 Å². The first kappa shape index (κ1) is 10.7. The summed E-state index contributed by atoms with van der Waals surface area (Å²) in [5.41, 5.74) is -0.502. The number of carboxylic acid groups (broad SMARTS) is 2. The van der Waals surface area contributed by atoms with E-state index >= 15 is 0 Å². The molecular formula is C9H7NO5. The van der Waals surface area contributed by atoms with Gasteiger partial charge in [0.2, 0.25) is 0 Å².